The summed E-state index contributed by atoms with van der Waals surface area (Å²) in [6.07, 6.45) is 5.04. The number of pyridine rings is 2. The molecule has 1 saturated heterocycles. The van der Waals surface area contributed by atoms with Gasteiger partial charge in [-0.3, -0.25) is 4.98 Å². The van der Waals surface area contributed by atoms with Crippen LogP contribution in [0, 0.1) is 0 Å². The first-order chi connectivity index (χ1) is 10.3. The summed E-state index contributed by atoms with van der Waals surface area (Å²) in [5.41, 5.74) is 9.06. The summed E-state index contributed by atoms with van der Waals surface area (Å²) < 4.78 is 5.22. The molecule has 2 aromatic rings. The minimum absolute atomic E-state index is 0.383. The Morgan fingerprint density at radius 1 is 1.29 bits per heavy atom. The SMILES string of the molecule is COc1ccc2nccc(CCN3CCC(N)CC3)c2n1. The number of methoxy groups -OCH3 is 1. The number of ether oxygens (including phenoxy) is 1. The van der Waals surface area contributed by atoms with Crippen LogP contribution < -0.4 is 10.5 Å². The van der Waals surface area contributed by atoms with E-state index in [0.29, 0.717) is 11.9 Å². The first-order valence-electron chi connectivity index (χ1n) is 7.53. The predicted octanol–water partition coefficient (Wildman–Crippen LogP) is 1.60. The van der Waals surface area contributed by atoms with Gasteiger partial charge in [-0.25, -0.2) is 4.98 Å². The standard InChI is InChI=1S/C16H22N4O/c1-21-15-3-2-14-16(19-15)12(4-8-18-14)5-9-20-10-6-13(17)7-11-20/h2-4,8,13H,5-7,9-11,17H2,1H3. The highest BCUT2D eigenvalue weighted by molar-refractivity contribution is 5.78. The van der Waals surface area contributed by atoms with Crippen LogP contribution in [0.25, 0.3) is 11.0 Å². The van der Waals surface area contributed by atoms with E-state index in [1.165, 1.54) is 5.56 Å². The van der Waals surface area contributed by atoms with Crippen molar-refractivity contribution in [2.24, 2.45) is 5.73 Å². The molecule has 5 nitrogen and oxygen atoms in total. The van der Waals surface area contributed by atoms with Crippen LogP contribution in [0.3, 0.4) is 0 Å². The number of nitrogens with zero attached hydrogens (tertiary/aromatic N) is 3. The Hall–Kier alpha value is -1.72. The van der Waals surface area contributed by atoms with Crippen molar-refractivity contribution in [3.05, 3.63) is 30.0 Å². The molecule has 0 atom stereocenters. The van der Waals surface area contributed by atoms with Crippen LogP contribution in [0.4, 0.5) is 0 Å². The summed E-state index contributed by atoms with van der Waals surface area (Å²) in [7, 11) is 1.64. The zero-order valence-corrected chi connectivity index (χ0v) is 12.5. The average Bonchev–Trinajstić information content (AvgIpc) is 2.54. The Labute approximate surface area is 125 Å². The molecule has 1 aliphatic heterocycles. The van der Waals surface area contributed by atoms with Gasteiger partial charge in [0, 0.05) is 24.8 Å². The molecule has 21 heavy (non-hydrogen) atoms. The summed E-state index contributed by atoms with van der Waals surface area (Å²) >= 11 is 0. The van der Waals surface area contributed by atoms with Crippen molar-refractivity contribution in [2.45, 2.75) is 25.3 Å². The second-order valence-corrected chi connectivity index (χ2v) is 5.62. The van der Waals surface area contributed by atoms with Gasteiger partial charge in [-0.15, -0.1) is 0 Å². The second-order valence-electron chi connectivity index (χ2n) is 5.62. The number of hydrogen-bond donors (Lipinski definition) is 1. The van der Waals surface area contributed by atoms with Crippen LogP contribution >= 0.6 is 0 Å². The fraction of sp³-hybridized carbons (Fsp3) is 0.500. The van der Waals surface area contributed by atoms with E-state index in [-0.39, 0.29) is 0 Å². The zero-order valence-electron chi connectivity index (χ0n) is 12.5. The Morgan fingerprint density at radius 2 is 2.10 bits per heavy atom. The first kappa shape index (κ1) is 14.2. The number of likely N-dealkylation sites (tertiary alicyclic amines) is 1. The molecule has 0 radical (unpaired) electrons. The third kappa shape index (κ3) is 3.31. The van der Waals surface area contributed by atoms with Gasteiger partial charge in [-0.05, 0) is 50.0 Å². The van der Waals surface area contributed by atoms with Gasteiger partial charge in [0.1, 0.15) is 0 Å². The van der Waals surface area contributed by atoms with Crippen LogP contribution in [0.5, 0.6) is 5.88 Å². The molecular weight excluding hydrogens is 264 g/mol. The topological polar surface area (TPSA) is 64.3 Å². The number of nitrogens with two attached hydrogens (primary N) is 1. The van der Waals surface area contributed by atoms with E-state index in [9.17, 15) is 0 Å². The lowest BCUT2D eigenvalue weighted by Gasteiger charge is -2.30. The lowest BCUT2D eigenvalue weighted by Crippen LogP contribution is -2.40. The molecule has 0 aliphatic carbocycles. The molecule has 0 spiro atoms. The Morgan fingerprint density at radius 3 is 2.86 bits per heavy atom. The van der Waals surface area contributed by atoms with Crippen molar-refractivity contribution in [2.75, 3.05) is 26.7 Å². The summed E-state index contributed by atoms with van der Waals surface area (Å²) in [6.45, 7) is 3.24. The van der Waals surface area contributed by atoms with Gasteiger partial charge < -0.3 is 15.4 Å². The highest BCUT2D eigenvalue weighted by atomic mass is 16.5. The van der Waals surface area contributed by atoms with E-state index in [2.05, 4.69) is 20.9 Å². The fourth-order valence-corrected chi connectivity index (χ4v) is 2.83. The van der Waals surface area contributed by atoms with E-state index in [1.807, 2.05) is 18.3 Å². The van der Waals surface area contributed by atoms with Crippen molar-refractivity contribution in [1.82, 2.24) is 14.9 Å². The smallest absolute Gasteiger partial charge is 0.213 e. The number of fused-ring (bicyclic) bond motifs is 1. The molecule has 5 heteroatoms. The van der Waals surface area contributed by atoms with E-state index >= 15 is 0 Å². The van der Waals surface area contributed by atoms with E-state index in [4.69, 9.17) is 10.5 Å². The minimum atomic E-state index is 0.383. The van der Waals surface area contributed by atoms with Gasteiger partial charge in [-0.1, -0.05) is 0 Å². The molecule has 2 aromatic heterocycles. The molecule has 0 unspecified atom stereocenters. The number of aromatic nitrogens is 2. The zero-order chi connectivity index (χ0) is 14.7. The molecule has 3 heterocycles. The molecule has 1 fully saturated rings. The highest BCUT2D eigenvalue weighted by Crippen LogP contribution is 2.19. The Bertz CT molecular complexity index is 608. The summed E-state index contributed by atoms with van der Waals surface area (Å²) in [5.74, 6) is 0.640. The molecule has 3 rings (SSSR count). The highest BCUT2D eigenvalue weighted by Gasteiger charge is 2.16. The van der Waals surface area contributed by atoms with E-state index in [0.717, 1.165) is 49.9 Å². The average molecular weight is 286 g/mol. The molecule has 0 amide bonds. The number of rotatable bonds is 4. The molecule has 1 aliphatic rings. The van der Waals surface area contributed by atoms with Gasteiger partial charge >= 0.3 is 0 Å². The summed E-state index contributed by atoms with van der Waals surface area (Å²) in [4.78, 5) is 11.4. The Balaban J connectivity index is 1.74. The first-order valence-corrected chi connectivity index (χ1v) is 7.53. The van der Waals surface area contributed by atoms with Crippen molar-refractivity contribution in [3.63, 3.8) is 0 Å². The third-order valence-electron chi connectivity index (χ3n) is 4.18. The van der Waals surface area contributed by atoms with Crippen molar-refractivity contribution in [3.8, 4) is 5.88 Å². The molecule has 112 valence electrons. The quantitative estimate of drug-likeness (QED) is 0.925. The van der Waals surface area contributed by atoms with Crippen LogP contribution in [0.1, 0.15) is 18.4 Å². The molecular formula is C16H22N4O. The molecule has 2 N–H and O–H groups in total. The lowest BCUT2D eigenvalue weighted by molar-refractivity contribution is 0.216. The van der Waals surface area contributed by atoms with Gasteiger partial charge in [0.05, 0.1) is 18.1 Å². The van der Waals surface area contributed by atoms with Crippen LogP contribution in [-0.2, 0) is 6.42 Å². The van der Waals surface area contributed by atoms with Crippen LogP contribution in [0.2, 0.25) is 0 Å². The van der Waals surface area contributed by atoms with Crippen molar-refractivity contribution in [1.29, 1.82) is 0 Å². The van der Waals surface area contributed by atoms with Crippen LogP contribution in [0.15, 0.2) is 24.4 Å². The number of piperidine rings is 1. The van der Waals surface area contributed by atoms with Crippen molar-refractivity contribution < 1.29 is 4.74 Å². The molecule has 0 aromatic carbocycles. The minimum Gasteiger partial charge on any atom is -0.481 e. The summed E-state index contributed by atoms with van der Waals surface area (Å²) in [6, 6.07) is 6.26. The second kappa shape index (κ2) is 6.37. The predicted molar refractivity (Wildman–Crippen MR) is 83.4 cm³/mol. The van der Waals surface area contributed by atoms with E-state index in [1.54, 1.807) is 7.11 Å². The fourth-order valence-electron chi connectivity index (χ4n) is 2.83. The lowest BCUT2D eigenvalue weighted by atomic mass is 10.0. The van der Waals surface area contributed by atoms with Crippen LogP contribution in [-0.4, -0.2) is 47.7 Å². The van der Waals surface area contributed by atoms with Gasteiger partial charge in [-0.2, -0.15) is 0 Å². The normalized spacial score (nSPS) is 17.2. The van der Waals surface area contributed by atoms with Gasteiger partial charge in [0.25, 0.3) is 0 Å². The maximum Gasteiger partial charge on any atom is 0.213 e. The maximum atomic E-state index is 5.95. The molecule has 0 bridgehead atoms. The summed E-state index contributed by atoms with van der Waals surface area (Å²) in [5, 5.41) is 0. The Kier molecular flexibility index (Phi) is 4.31. The maximum absolute atomic E-state index is 5.95. The van der Waals surface area contributed by atoms with E-state index < -0.39 is 0 Å². The van der Waals surface area contributed by atoms with Gasteiger partial charge in [0.2, 0.25) is 5.88 Å². The van der Waals surface area contributed by atoms with Gasteiger partial charge in [0.15, 0.2) is 0 Å². The monoisotopic (exact) mass is 286 g/mol. The third-order valence-corrected chi connectivity index (χ3v) is 4.18. The number of hydrogen-bond acceptors (Lipinski definition) is 5. The molecule has 0 saturated carbocycles. The van der Waals surface area contributed by atoms with Crippen molar-refractivity contribution >= 4 is 11.0 Å². The largest absolute Gasteiger partial charge is 0.481 e.